The largest absolute Gasteiger partial charge is 0.536 e. The van der Waals surface area contributed by atoms with Gasteiger partial charge in [0.1, 0.15) is 16.1 Å². The predicted octanol–water partition coefficient (Wildman–Crippen LogP) is 5.80. The molecule has 20 nitrogen and oxygen atoms in total. The van der Waals surface area contributed by atoms with Gasteiger partial charge in [0.15, 0.2) is 40.1 Å². The van der Waals surface area contributed by atoms with Crippen molar-refractivity contribution < 1.29 is 94.3 Å². The number of phosphoric acid groups is 3. The fourth-order valence-corrected chi connectivity index (χ4v) is 10.5. The molecule has 6 rings (SSSR count). The quantitative estimate of drug-likeness (QED) is 0.100. The Labute approximate surface area is 326 Å². The Morgan fingerprint density at radius 2 is 1.41 bits per heavy atom. The van der Waals surface area contributed by atoms with Gasteiger partial charge in [0.25, 0.3) is 0 Å². The lowest BCUT2D eigenvalue weighted by molar-refractivity contribution is -0.0167. The van der Waals surface area contributed by atoms with Crippen LogP contribution >= 0.6 is 46.7 Å². The molecule has 304 valence electrons. The van der Waals surface area contributed by atoms with Crippen LogP contribution in [0.3, 0.4) is 0 Å². The first-order valence-corrected chi connectivity index (χ1v) is 21.1. The third kappa shape index (κ3) is 7.39. The lowest BCUT2D eigenvalue weighted by Crippen LogP contribution is -2.33. The number of esters is 1. The van der Waals surface area contributed by atoms with Crippen LogP contribution in [-0.2, 0) is 41.9 Å². The zero-order chi connectivity index (χ0) is 41.3. The number of phosphoric ester groups is 2. The van der Waals surface area contributed by atoms with Crippen LogP contribution in [0.25, 0.3) is 0 Å². The third-order valence-corrected chi connectivity index (χ3v) is 14.0. The maximum Gasteiger partial charge on any atom is 0.536 e. The molecule has 3 aromatic rings. The van der Waals surface area contributed by atoms with Gasteiger partial charge in [-0.2, -0.15) is 8.62 Å². The van der Waals surface area contributed by atoms with Crippen LogP contribution in [-0.4, -0.2) is 83.1 Å². The average molecular weight is 887 g/mol. The number of hydrogen-bond donors (Lipinski definition) is 5. The van der Waals surface area contributed by atoms with E-state index in [-0.39, 0.29) is 56.0 Å². The summed E-state index contributed by atoms with van der Waals surface area (Å²) in [5, 5.41) is 19.1. The minimum atomic E-state index is -6.02. The van der Waals surface area contributed by atoms with Gasteiger partial charge in [0, 0.05) is 11.5 Å². The number of rotatable bonds is 13. The highest BCUT2D eigenvalue weighted by atomic mass is 35.5. The van der Waals surface area contributed by atoms with Crippen LogP contribution in [0.5, 0.6) is 34.5 Å². The van der Waals surface area contributed by atoms with Crippen molar-refractivity contribution in [1.29, 1.82) is 0 Å². The van der Waals surface area contributed by atoms with Crippen LogP contribution in [0.2, 0.25) is 10.0 Å². The summed E-state index contributed by atoms with van der Waals surface area (Å²) in [7, 11) is -13.9. The van der Waals surface area contributed by atoms with Gasteiger partial charge in [-0.15, -0.1) is 0 Å². The fraction of sp³-hybridized carbons (Fsp3) is 0.355. The number of fused-ring (bicyclic) bond motifs is 6. The van der Waals surface area contributed by atoms with Crippen molar-refractivity contribution in [2.45, 2.75) is 37.8 Å². The molecule has 0 bridgehead atoms. The zero-order valence-electron chi connectivity index (χ0n) is 29.4. The van der Waals surface area contributed by atoms with Gasteiger partial charge in [-0.3, -0.25) is 9.42 Å². The number of carboxylic acids is 1. The summed E-state index contributed by atoms with van der Waals surface area (Å²) in [6.07, 6.45) is -2.71. The molecule has 5 N–H and O–H groups in total. The maximum atomic E-state index is 13.5. The second-order valence-electron chi connectivity index (χ2n) is 12.3. The van der Waals surface area contributed by atoms with Gasteiger partial charge in [-0.1, -0.05) is 30.1 Å². The molecule has 1 spiro atoms. The molecule has 3 heterocycles. The van der Waals surface area contributed by atoms with E-state index in [4.69, 9.17) is 56.1 Å². The Morgan fingerprint density at radius 3 is 1.95 bits per heavy atom. The summed E-state index contributed by atoms with van der Waals surface area (Å²) in [6, 6.07) is 5.99. The molecule has 0 aromatic heterocycles. The van der Waals surface area contributed by atoms with E-state index in [0.717, 1.165) is 13.2 Å². The van der Waals surface area contributed by atoms with Gasteiger partial charge in [0.2, 0.25) is 0 Å². The van der Waals surface area contributed by atoms with E-state index in [1.54, 1.807) is 13.8 Å². The molecule has 25 heteroatoms. The Balaban J connectivity index is 1.40. The molecule has 0 amide bonds. The van der Waals surface area contributed by atoms with Crippen molar-refractivity contribution in [1.82, 2.24) is 0 Å². The van der Waals surface area contributed by atoms with E-state index >= 15 is 0 Å². The molecular weight excluding hydrogens is 856 g/mol. The smallest absolute Gasteiger partial charge is 0.493 e. The molecule has 5 unspecified atom stereocenters. The lowest BCUT2D eigenvalue weighted by atomic mass is 9.77. The summed E-state index contributed by atoms with van der Waals surface area (Å²) >= 11 is 13.5. The van der Waals surface area contributed by atoms with Crippen molar-refractivity contribution in [3.05, 3.63) is 68.2 Å². The minimum Gasteiger partial charge on any atom is -0.493 e. The Hall–Kier alpha value is -3.45. The number of halogens is 2. The van der Waals surface area contributed by atoms with Gasteiger partial charge >= 0.3 is 35.4 Å². The molecule has 0 radical (unpaired) electrons. The van der Waals surface area contributed by atoms with Crippen molar-refractivity contribution in [2.24, 2.45) is 5.92 Å². The molecular formula is C31H31Cl2O20P3. The van der Waals surface area contributed by atoms with Gasteiger partial charge in [-0.05, 0) is 37.3 Å². The summed E-state index contributed by atoms with van der Waals surface area (Å²) in [4.78, 5) is 56.5. The van der Waals surface area contributed by atoms with Crippen molar-refractivity contribution in [3.8, 4) is 34.5 Å². The molecule has 3 aromatic carbocycles. The number of carboxylic acid groups (broad SMARTS) is 1. The lowest BCUT2D eigenvalue weighted by Gasteiger charge is -2.38. The van der Waals surface area contributed by atoms with E-state index in [9.17, 15) is 48.2 Å². The normalized spacial score (nSPS) is 25.4. The number of aliphatic hydroxyl groups excluding tert-OH is 1. The van der Waals surface area contributed by atoms with E-state index in [1.165, 1.54) is 38.5 Å². The first-order chi connectivity index (χ1) is 26.1. The number of benzene rings is 3. The average Bonchev–Trinajstić information content (AvgIpc) is 3.54. The van der Waals surface area contributed by atoms with Gasteiger partial charge in [0.05, 0.1) is 62.4 Å². The van der Waals surface area contributed by atoms with E-state index in [1.807, 2.05) is 0 Å². The third-order valence-electron chi connectivity index (χ3n) is 9.07. The molecule has 0 aliphatic carbocycles. The van der Waals surface area contributed by atoms with Gasteiger partial charge < -0.3 is 52.9 Å². The van der Waals surface area contributed by atoms with E-state index in [2.05, 4.69) is 13.1 Å². The molecule has 1 saturated heterocycles. The number of carbonyl (C=O) groups excluding carboxylic acids is 1. The standard InChI is InChI=1S/C31H31Cl2O20P3/c1-12-13(2)48-21(24(12)34)11-47-54(38,39)52-56(42,43)53-55(40,41)51-28-20(45-4)10-18-26(23(28)33)49-25-17(9-19(44-3)27(46-5)22(25)32)31(18)16-8-14(29(35)36)6-7-15(16)30(37)50-31/h6-10,12-13,21,24,34H,11H2,1-5H3,(H,35,36)(H,38,39)(H,40,41)(H,42,43)/t12-,13+,21-,24?,31?/m1/s1. The summed E-state index contributed by atoms with van der Waals surface area (Å²) < 4.78 is 90.4. The number of aromatic carboxylic acids is 1. The van der Waals surface area contributed by atoms with Crippen LogP contribution in [0.15, 0.2) is 30.3 Å². The van der Waals surface area contributed by atoms with Crippen LogP contribution in [0.4, 0.5) is 0 Å². The Bertz CT molecular complexity index is 2290. The van der Waals surface area contributed by atoms with E-state index < -0.39 is 88.2 Å². The minimum absolute atomic E-state index is 0.0164. The summed E-state index contributed by atoms with van der Waals surface area (Å²) in [5.41, 5.74) is -2.69. The number of aliphatic hydroxyl groups is 1. The van der Waals surface area contributed by atoms with Gasteiger partial charge in [-0.25, -0.2) is 23.3 Å². The molecule has 8 atom stereocenters. The SMILES string of the molecule is COc1cc2c(c(Cl)c1OC)Oc1c(cc(OC)c(OP(=O)(O)OP(=O)(O)OP(=O)(O)OC[C@H]3O[C@@H](C)[C@@H](C)C3O)c1Cl)C21OC(=O)c2ccc(C(=O)O)cc21. The monoisotopic (exact) mass is 886 g/mol. The molecule has 1 fully saturated rings. The van der Waals surface area contributed by atoms with E-state index in [0.29, 0.717) is 0 Å². The van der Waals surface area contributed by atoms with Crippen molar-refractivity contribution >= 4 is 58.6 Å². The number of methoxy groups -OCH3 is 3. The molecule has 0 saturated carbocycles. The molecule has 3 aliphatic heterocycles. The maximum absolute atomic E-state index is 13.5. The zero-order valence-corrected chi connectivity index (χ0v) is 33.6. The fourth-order valence-electron chi connectivity index (χ4n) is 6.36. The first kappa shape index (κ1) is 42.2. The van der Waals surface area contributed by atoms with Crippen molar-refractivity contribution in [2.75, 3.05) is 27.9 Å². The van der Waals surface area contributed by atoms with Crippen LogP contribution in [0.1, 0.15) is 51.3 Å². The Kier molecular flexibility index (Phi) is 11.3. The second-order valence-corrected chi connectivity index (χ2v) is 17.6. The summed E-state index contributed by atoms with van der Waals surface area (Å²) in [6.45, 7) is 2.49. The number of carbonyl (C=O) groups is 2. The Morgan fingerprint density at radius 1 is 0.839 bits per heavy atom. The van der Waals surface area contributed by atoms with Crippen molar-refractivity contribution in [3.63, 3.8) is 0 Å². The second kappa shape index (κ2) is 15.1. The first-order valence-electron chi connectivity index (χ1n) is 15.8. The highest BCUT2D eigenvalue weighted by Crippen LogP contribution is 2.69. The van der Waals surface area contributed by atoms with Crippen LogP contribution in [0, 0.1) is 5.92 Å². The molecule has 3 aliphatic rings. The predicted molar refractivity (Wildman–Crippen MR) is 189 cm³/mol. The summed E-state index contributed by atoms with van der Waals surface area (Å²) in [5.74, 6) is -4.88. The molecule has 56 heavy (non-hydrogen) atoms. The number of ether oxygens (including phenoxy) is 6. The topological polar surface area (TPSA) is 279 Å². The highest BCUT2D eigenvalue weighted by molar-refractivity contribution is 7.67. The highest BCUT2D eigenvalue weighted by Gasteiger charge is 2.56. The number of hydrogen-bond acceptors (Lipinski definition) is 16. The van der Waals surface area contributed by atoms with Crippen LogP contribution < -0.4 is 23.5 Å².